The van der Waals surface area contributed by atoms with Gasteiger partial charge in [0.25, 0.3) is 0 Å². The Morgan fingerprint density at radius 1 is 1.10 bits per heavy atom. The maximum atomic E-state index is 11.9. The molecule has 1 rings (SSSR count). The summed E-state index contributed by atoms with van der Waals surface area (Å²) >= 11 is 0. The maximum absolute atomic E-state index is 11.9. The Morgan fingerprint density at radius 3 is 1.95 bits per heavy atom. The second kappa shape index (κ2) is 6.58. The van der Waals surface area contributed by atoms with Crippen molar-refractivity contribution in [2.45, 2.75) is 38.6 Å². The normalized spacial score (nSPS) is 15.0. The van der Waals surface area contributed by atoms with E-state index in [-0.39, 0.29) is 11.3 Å². The van der Waals surface area contributed by atoms with Gasteiger partial charge in [-0.2, -0.15) is 0 Å². The highest BCUT2D eigenvalue weighted by Crippen LogP contribution is 2.26. The number of nitrogens with one attached hydrogen (secondary N) is 1. The molecule has 4 nitrogen and oxygen atoms in total. The average Bonchev–Trinajstić information content (AvgIpc) is 2.37. The zero-order chi connectivity index (χ0) is 16.3. The number of carbonyl (C=O) groups excluding carboxylic acids is 1. The fourth-order valence-electron chi connectivity index (χ4n) is 2.16. The standard InChI is InChI=1S/C17H29N3O/c1-16(2,3)13-7-9-14(10-8-13)17(4,15(18)21)19-11-12-20(5)6/h7-10,19H,11-12H2,1-6H3,(H2,18,21). The van der Waals surface area contributed by atoms with Crippen molar-refractivity contribution in [1.29, 1.82) is 0 Å². The Balaban J connectivity index is 2.97. The minimum atomic E-state index is -0.841. The van der Waals surface area contributed by atoms with Gasteiger partial charge in [0.2, 0.25) is 5.91 Å². The number of benzene rings is 1. The lowest BCUT2D eigenvalue weighted by Crippen LogP contribution is -2.52. The van der Waals surface area contributed by atoms with E-state index in [1.165, 1.54) is 5.56 Å². The largest absolute Gasteiger partial charge is 0.368 e. The molecular formula is C17H29N3O. The first-order valence-electron chi connectivity index (χ1n) is 7.38. The Bertz CT molecular complexity index is 474. The Morgan fingerprint density at radius 2 is 1.57 bits per heavy atom. The minimum Gasteiger partial charge on any atom is -0.368 e. The molecule has 1 unspecified atom stereocenters. The number of nitrogens with zero attached hydrogens (tertiary/aromatic N) is 1. The van der Waals surface area contributed by atoms with Crippen LogP contribution in [0.3, 0.4) is 0 Å². The summed E-state index contributed by atoms with van der Waals surface area (Å²) in [4.78, 5) is 14.0. The molecule has 21 heavy (non-hydrogen) atoms. The number of rotatable bonds is 6. The number of carbonyl (C=O) groups is 1. The number of likely N-dealkylation sites (N-methyl/N-ethyl adjacent to an activating group) is 1. The van der Waals surface area contributed by atoms with Crippen molar-refractivity contribution in [3.63, 3.8) is 0 Å². The second-order valence-corrected chi connectivity index (χ2v) is 7.05. The van der Waals surface area contributed by atoms with Gasteiger partial charge < -0.3 is 10.6 Å². The molecule has 0 aliphatic carbocycles. The summed E-state index contributed by atoms with van der Waals surface area (Å²) in [5, 5.41) is 3.29. The van der Waals surface area contributed by atoms with Crippen LogP contribution in [0, 0.1) is 0 Å². The molecule has 118 valence electrons. The summed E-state index contributed by atoms with van der Waals surface area (Å²) in [6.45, 7) is 9.91. The van der Waals surface area contributed by atoms with Gasteiger partial charge in [-0.05, 0) is 37.6 Å². The predicted molar refractivity (Wildman–Crippen MR) is 88.2 cm³/mol. The fraction of sp³-hybridized carbons (Fsp3) is 0.588. The third kappa shape index (κ3) is 4.55. The van der Waals surface area contributed by atoms with Gasteiger partial charge in [-0.15, -0.1) is 0 Å². The van der Waals surface area contributed by atoms with Crippen LogP contribution in [-0.2, 0) is 15.7 Å². The van der Waals surface area contributed by atoms with Crippen molar-refractivity contribution in [2.75, 3.05) is 27.2 Å². The van der Waals surface area contributed by atoms with Crippen LogP contribution in [0.25, 0.3) is 0 Å². The molecule has 1 amide bonds. The van der Waals surface area contributed by atoms with Crippen LogP contribution in [0.15, 0.2) is 24.3 Å². The van der Waals surface area contributed by atoms with Gasteiger partial charge in [0.15, 0.2) is 0 Å². The van der Waals surface area contributed by atoms with Crippen molar-refractivity contribution < 1.29 is 4.79 Å². The number of hydrogen-bond acceptors (Lipinski definition) is 3. The minimum absolute atomic E-state index is 0.0972. The highest BCUT2D eigenvalue weighted by Gasteiger charge is 2.32. The second-order valence-electron chi connectivity index (χ2n) is 7.05. The predicted octanol–water partition coefficient (Wildman–Crippen LogP) is 1.84. The molecule has 3 N–H and O–H groups in total. The van der Waals surface area contributed by atoms with E-state index in [0.29, 0.717) is 6.54 Å². The molecule has 0 aliphatic heterocycles. The first kappa shape index (κ1) is 17.7. The van der Waals surface area contributed by atoms with Gasteiger partial charge in [0.05, 0.1) is 0 Å². The van der Waals surface area contributed by atoms with E-state index in [2.05, 4.69) is 43.1 Å². The molecule has 0 bridgehead atoms. The zero-order valence-electron chi connectivity index (χ0n) is 14.2. The van der Waals surface area contributed by atoms with Crippen molar-refractivity contribution in [3.05, 3.63) is 35.4 Å². The van der Waals surface area contributed by atoms with E-state index < -0.39 is 5.54 Å². The first-order valence-corrected chi connectivity index (χ1v) is 7.38. The summed E-state index contributed by atoms with van der Waals surface area (Å²) < 4.78 is 0. The number of nitrogens with two attached hydrogens (primary N) is 1. The quantitative estimate of drug-likeness (QED) is 0.841. The Hall–Kier alpha value is -1.39. The molecule has 0 fully saturated rings. The molecule has 0 spiro atoms. The Kier molecular flexibility index (Phi) is 5.54. The van der Waals surface area contributed by atoms with Gasteiger partial charge in [-0.25, -0.2) is 0 Å². The van der Waals surface area contributed by atoms with E-state index in [1.807, 2.05) is 33.2 Å². The van der Waals surface area contributed by atoms with Crippen LogP contribution in [0.2, 0.25) is 0 Å². The van der Waals surface area contributed by atoms with Crippen LogP contribution in [0.1, 0.15) is 38.8 Å². The van der Waals surface area contributed by atoms with E-state index in [4.69, 9.17) is 5.73 Å². The molecule has 1 atom stereocenters. The van der Waals surface area contributed by atoms with Crippen molar-refractivity contribution in [2.24, 2.45) is 5.73 Å². The van der Waals surface area contributed by atoms with Crippen molar-refractivity contribution in [1.82, 2.24) is 10.2 Å². The van der Waals surface area contributed by atoms with Crippen LogP contribution < -0.4 is 11.1 Å². The summed E-state index contributed by atoms with van der Waals surface area (Å²) in [6.07, 6.45) is 0. The van der Waals surface area contributed by atoms with E-state index in [9.17, 15) is 4.79 Å². The SMILES string of the molecule is CN(C)CCNC(C)(C(N)=O)c1ccc(C(C)(C)C)cc1. The monoisotopic (exact) mass is 291 g/mol. The summed E-state index contributed by atoms with van der Waals surface area (Å²) in [6, 6.07) is 8.14. The maximum Gasteiger partial charge on any atom is 0.242 e. The van der Waals surface area contributed by atoms with Crippen LogP contribution >= 0.6 is 0 Å². The van der Waals surface area contributed by atoms with Gasteiger partial charge in [-0.1, -0.05) is 45.0 Å². The lowest BCUT2D eigenvalue weighted by Gasteiger charge is -2.30. The third-order valence-corrected chi connectivity index (χ3v) is 3.86. The topological polar surface area (TPSA) is 58.4 Å². The van der Waals surface area contributed by atoms with Gasteiger partial charge in [0, 0.05) is 13.1 Å². The van der Waals surface area contributed by atoms with E-state index >= 15 is 0 Å². The van der Waals surface area contributed by atoms with Gasteiger partial charge >= 0.3 is 0 Å². The zero-order valence-corrected chi connectivity index (χ0v) is 14.2. The highest BCUT2D eigenvalue weighted by atomic mass is 16.1. The van der Waals surface area contributed by atoms with Gasteiger partial charge in [-0.3, -0.25) is 10.1 Å². The van der Waals surface area contributed by atoms with Crippen LogP contribution in [0.4, 0.5) is 0 Å². The van der Waals surface area contributed by atoms with E-state index in [0.717, 1.165) is 12.1 Å². The molecule has 1 aromatic rings. The first-order chi connectivity index (χ1) is 9.57. The molecule has 0 aliphatic rings. The molecule has 0 aromatic heterocycles. The number of hydrogen-bond donors (Lipinski definition) is 2. The average molecular weight is 291 g/mol. The molecule has 4 heteroatoms. The van der Waals surface area contributed by atoms with Crippen LogP contribution in [0.5, 0.6) is 0 Å². The highest BCUT2D eigenvalue weighted by molar-refractivity contribution is 5.85. The molecule has 1 aromatic carbocycles. The lowest BCUT2D eigenvalue weighted by molar-refractivity contribution is -0.124. The van der Waals surface area contributed by atoms with Crippen molar-refractivity contribution >= 4 is 5.91 Å². The smallest absolute Gasteiger partial charge is 0.242 e. The number of amides is 1. The molecule has 0 saturated carbocycles. The van der Waals surface area contributed by atoms with Crippen LogP contribution in [-0.4, -0.2) is 38.0 Å². The van der Waals surface area contributed by atoms with Crippen molar-refractivity contribution in [3.8, 4) is 0 Å². The summed E-state index contributed by atoms with van der Waals surface area (Å²) in [5.74, 6) is -0.357. The number of primary amides is 1. The Labute approximate surface area is 128 Å². The summed E-state index contributed by atoms with van der Waals surface area (Å²) in [7, 11) is 4.00. The molecular weight excluding hydrogens is 262 g/mol. The fourth-order valence-corrected chi connectivity index (χ4v) is 2.16. The lowest BCUT2D eigenvalue weighted by atomic mass is 9.84. The third-order valence-electron chi connectivity index (χ3n) is 3.86. The molecule has 0 saturated heterocycles. The summed E-state index contributed by atoms with van der Waals surface area (Å²) in [5.41, 5.74) is 7.03. The molecule has 0 radical (unpaired) electrons. The molecule has 0 heterocycles. The van der Waals surface area contributed by atoms with Gasteiger partial charge in [0.1, 0.15) is 5.54 Å². The van der Waals surface area contributed by atoms with E-state index in [1.54, 1.807) is 0 Å².